The Hall–Kier alpha value is -1.90. The number of amides is 2. The molecule has 1 saturated heterocycles. The summed E-state index contributed by atoms with van der Waals surface area (Å²) in [5.41, 5.74) is 3.33. The minimum atomic E-state index is -0.153. The maximum atomic E-state index is 12.8. The Morgan fingerprint density at radius 2 is 1.58 bits per heavy atom. The number of hydrogen-bond acceptors (Lipinski definition) is 2. The molecular weight excluding hydrogens is 298 g/mol. The first kappa shape index (κ1) is 15.6. The van der Waals surface area contributed by atoms with Crippen LogP contribution in [-0.4, -0.2) is 11.8 Å². The van der Waals surface area contributed by atoms with Crippen molar-refractivity contribution in [3.63, 3.8) is 0 Å². The van der Waals surface area contributed by atoms with Crippen LogP contribution < -0.4 is 4.90 Å². The molecule has 1 aromatic rings. The van der Waals surface area contributed by atoms with Crippen LogP contribution in [0.2, 0.25) is 0 Å². The van der Waals surface area contributed by atoms with Crippen molar-refractivity contribution >= 4 is 17.5 Å². The highest BCUT2D eigenvalue weighted by atomic mass is 16.2. The third-order valence-electron chi connectivity index (χ3n) is 6.05. The molecule has 3 aliphatic rings. The minimum Gasteiger partial charge on any atom is -0.274 e. The number of fused-ring (bicyclic) bond motifs is 1. The van der Waals surface area contributed by atoms with Crippen LogP contribution >= 0.6 is 0 Å². The predicted octanol–water partition coefficient (Wildman–Crippen LogP) is 4.58. The molecule has 1 heterocycles. The molecule has 0 bridgehead atoms. The van der Waals surface area contributed by atoms with E-state index in [0.717, 1.165) is 12.1 Å². The number of hydrogen-bond donors (Lipinski definition) is 0. The lowest BCUT2D eigenvalue weighted by Crippen LogP contribution is -2.30. The number of imide groups is 1. The molecule has 24 heavy (non-hydrogen) atoms. The number of allylic oxidation sites excluding steroid dienone is 2. The van der Waals surface area contributed by atoms with E-state index in [0.29, 0.717) is 12.3 Å². The molecule has 3 heteroatoms. The first-order chi connectivity index (χ1) is 11.6. The first-order valence-electron chi connectivity index (χ1n) is 9.28. The van der Waals surface area contributed by atoms with E-state index in [9.17, 15) is 9.59 Å². The van der Waals surface area contributed by atoms with E-state index in [1.54, 1.807) is 0 Å². The zero-order valence-corrected chi connectivity index (χ0v) is 14.3. The van der Waals surface area contributed by atoms with E-state index in [1.165, 1.54) is 48.1 Å². The molecule has 2 fully saturated rings. The van der Waals surface area contributed by atoms with Gasteiger partial charge in [-0.15, -0.1) is 0 Å². The summed E-state index contributed by atoms with van der Waals surface area (Å²) in [6, 6.07) is 8.18. The summed E-state index contributed by atoms with van der Waals surface area (Å²) in [6.07, 6.45) is 10.0. The molecule has 0 spiro atoms. The van der Waals surface area contributed by atoms with Gasteiger partial charge in [0.1, 0.15) is 0 Å². The number of nitrogens with zero attached hydrogens (tertiary/aromatic N) is 1. The van der Waals surface area contributed by atoms with Crippen LogP contribution in [0.3, 0.4) is 0 Å². The number of benzene rings is 1. The molecule has 0 N–H and O–H groups in total. The van der Waals surface area contributed by atoms with Gasteiger partial charge in [0.15, 0.2) is 0 Å². The molecular formula is C21H25NO2. The summed E-state index contributed by atoms with van der Waals surface area (Å²) >= 11 is 0. The molecule has 1 aliphatic heterocycles. The van der Waals surface area contributed by atoms with Crippen LogP contribution in [0.1, 0.15) is 63.4 Å². The molecule has 2 aliphatic carbocycles. The maximum Gasteiger partial charge on any atom is 0.238 e. The van der Waals surface area contributed by atoms with Gasteiger partial charge in [0.05, 0.1) is 17.5 Å². The van der Waals surface area contributed by atoms with Crippen molar-refractivity contribution in [1.82, 2.24) is 0 Å². The van der Waals surface area contributed by atoms with Crippen molar-refractivity contribution in [2.75, 3.05) is 4.90 Å². The lowest BCUT2D eigenvalue weighted by molar-refractivity contribution is -0.122. The first-order valence-corrected chi connectivity index (χ1v) is 9.28. The van der Waals surface area contributed by atoms with Crippen molar-refractivity contribution < 1.29 is 9.59 Å². The fraction of sp³-hybridized carbons (Fsp3) is 0.524. The van der Waals surface area contributed by atoms with Gasteiger partial charge in [0.2, 0.25) is 11.8 Å². The maximum absolute atomic E-state index is 12.8. The van der Waals surface area contributed by atoms with Gasteiger partial charge in [-0.1, -0.05) is 43.0 Å². The number of carbonyl (C=O) groups is 2. The fourth-order valence-corrected chi connectivity index (χ4v) is 4.62. The van der Waals surface area contributed by atoms with Gasteiger partial charge < -0.3 is 0 Å². The largest absolute Gasteiger partial charge is 0.274 e. The molecule has 2 amide bonds. The van der Waals surface area contributed by atoms with Gasteiger partial charge in [-0.3, -0.25) is 14.5 Å². The number of rotatable bonds is 2. The van der Waals surface area contributed by atoms with E-state index in [4.69, 9.17) is 0 Å². The smallest absolute Gasteiger partial charge is 0.238 e. The van der Waals surface area contributed by atoms with Crippen molar-refractivity contribution in [1.29, 1.82) is 0 Å². The molecule has 126 valence electrons. The monoisotopic (exact) mass is 323 g/mol. The average Bonchev–Trinajstić information content (AvgIpc) is 2.86. The Balaban J connectivity index is 1.55. The van der Waals surface area contributed by atoms with E-state index in [-0.39, 0.29) is 23.7 Å². The van der Waals surface area contributed by atoms with Gasteiger partial charge in [0.25, 0.3) is 0 Å². The lowest BCUT2D eigenvalue weighted by Gasteiger charge is -2.23. The van der Waals surface area contributed by atoms with Crippen molar-refractivity contribution in [2.45, 2.75) is 57.8 Å². The second-order valence-electron chi connectivity index (χ2n) is 7.64. The zero-order chi connectivity index (χ0) is 16.7. The van der Waals surface area contributed by atoms with Crippen LogP contribution in [0.15, 0.2) is 35.9 Å². The van der Waals surface area contributed by atoms with Gasteiger partial charge in [-0.25, -0.2) is 0 Å². The Morgan fingerprint density at radius 3 is 2.29 bits per heavy atom. The van der Waals surface area contributed by atoms with Crippen molar-refractivity contribution in [3.8, 4) is 0 Å². The van der Waals surface area contributed by atoms with Gasteiger partial charge in [-0.2, -0.15) is 0 Å². The zero-order valence-electron chi connectivity index (χ0n) is 14.3. The third kappa shape index (κ3) is 2.60. The second-order valence-corrected chi connectivity index (χ2v) is 7.64. The number of carbonyl (C=O) groups excluding carboxylic acids is 2. The SMILES string of the molecule is CC1=CC[C@@H]2C(=O)N(c3ccc(C4CCCCC4)cc3)C(=O)[C@@H]2C1. The summed E-state index contributed by atoms with van der Waals surface area (Å²) in [7, 11) is 0. The average molecular weight is 323 g/mol. The summed E-state index contributed by atoms with van der Waals surface area (Å²) in [6.45, 7) is 2.05. The molecule has 0 radical (unpaired) electrons. The van der Waals surface area contributed by atoms with Crippen molar-refractivity contribution in [3.05, 3.63) is 41.5 Å². The molecule has 0 aromatic heterocycles. The molecule has 3 nitrogen and oxygen atoms in total. The quantitative estimate of drug-likeness (QED) is 0.590. The highest BCUT2D eigenvalue weighted by Gasteiger charge is 2.48. The van der Waals surface area contributed by atoms with Gasteiger partial charge in [-0.05, 0) is 56.2 Å². The van der Waals surface area contributed by atoms with Crippen LogP contribution in [0.5, 0.6) is 0 Å². The van der Waals surface area contributed by atoms with Crippen LogP contribution in [0.4, 0.5) is 5.69 Å². The molecule has 0 unspecified atom stereocenters. The molecule has 2 atom stereocenters. The molecule has 4 rings (SSSR count). The summed E-state index contributed by atoms with van der Waals surface area (Å²) in [5.74, 6) is 0.314. The Bertz CT molecular complexity index is 682. The van der Waals surface area contributed by atoms with Crippen LogP contribution in [0.25, 0.3) is 0 Å². The van der Waals surface area contributed by atoms with E-state index in [1.807, 2.05) is 12.1 Å². The Labute approximate surface area is 143 Å². The summed E-state index contributed by atoms with van der Waals surface area (Å²) in [4.78, 5) is 26.9. The van der Waals surface area contributed by atoms with E-state index < -0.39 is 0 Å². The van der Waals surface area contributed by atoms with Crippen LogP contribution in [-0.2, 0) is 9.59 Å². The standard InChI is InChI=1S/C21H25NO2/c1-14-7-12-18-19(13-14)21(24)22(20(18)23)17-10-8-16(9-11-17)15-5-3-2-4-6-15/h7-11,15,18-19H,2-6,12-13H2,1H3/t18-,19+/m0/s1. The highest BCUT2D eigenvalue weighted by molar-refractivity contribution is 6.22. The molecule has 1 saturated carbocycles. The molecule has 1 aromatic carbocycles. The summed E-state index contributed by atoms with van der Waals surface area (Å²) < 4.78 is 0. The second kappa shape index (κ2) is 6.19. The number of anilines is 1. The van der Waals surface area contributed by atoms with E-state index >= 15 is 0 Å². The lowest BCUT2D eigenvalue weighted by atomic mass is 9.82. The Morgan fingerprint density at radius 1 is 0.917 bits per heavy atom. The topological polar surface area (TPSA) is 37.4 Å². The van der Waals surface area contributed by atoms with Crippen LogP contribution in [0, 0.1) is 11.8 Å². The fourth-order valence-electron chi connectivity index (χ4n) is 4.62. The van der Waals surface area contributed by atoms with E-state index in [2.05, 4.69) is 25.1 Å². The highest BCUT2D eigenvalue weighted by Crippen LogP contribution is 2.40. The van der Waals surface area contributed by atoms with Gasteiger partial charge >= 0.3 is 0 Å². The van der Waals surface area contributed by atoms with Gasteiger partial charge in [0, 0.05) is 0 Å². The normalized spacial score (nSPS) is 28.0. The predicted molar refractivity (Wildman–Crippen MR) is 94.7 cm³/mol. The minimum absolute atomic E-state index is 0.0112. The third-order valence-corrected chi connectivity index (χ3v) is 6.05. The Kier molecular flexibility index (Phi) is 4.03. The summed E-state index contributed by atoms with van der Waals surface area (Å²) in [5, 5.41) is 0. The van der Waals surface area contributed by atoms with Crippen molar-refractivity contribution in [2.24, 2.45) is 11.8 Å².